The number of nitrogens with zero attached hydrogens (tertiary/aromatic N) is 1. The Morgan fingerprint density at radius 1 is 1.14 bits per heavy atom. The van der Waals surface area contributed by atoms with E-state index < -0.39 is 0 Å². The van der Waals surface area contributed by atoms with Crippen LogP contribution in [0.3, 0.4) is 0 Å². The first-order chi connectivity index (χ1) is 9.92. The molecule has 0 saturated heterocycles. The van der Waals surface area contributed by atoms with Gasteiger partial charge in [-0.25, -0.2) is 0 Å². The minimum Gasteiger partial charge on any atom is -0.312 e. The van der Waals surface area contributed by atoms with Crippen molar-refractivity contribution in [2.75, 3.05) is 20.6 Å². The lowest BCUT2D eigenvalue weighted by Gasteiger charge is -2.46. The SMILES string of the molecule is CCNC(Cc1cccc(Cl)c1Cl)C(CC)(CC)N(C)C. The summed E-state index contributed by atoms with van der Waals surface area (Å²) in [7, 11) is 4.33. The molecule has 0 saturated carbocycles. The molecular formula is C17H28Cl2N2. The summed E-state index contributed by atoms with van der Waals surface area (Å²) in [5, 5.41) is 4.97. The molecule has 0 aliphatic carbocycles. The topological polar surface area (TPSA) is 15.3 Å². The van der Waals surface area contributed by atoms with Gasteiger partial charge in [0.25, 0.3) is 0 Å². The quantitative estimate of drug-likeness (QED) is 0.747. The highest BCUT2D eigenvalue weighted by Gasteiger charge is 2.37. The second-order valence-corrected chi connectivity index (χ2v) is 6.52. The molecule has 1 atom stereocenters. The molecule has 0 aromatic heterocycles. The van der Waals surface area contributed by atoms with Crippen molar-refractivity contribution in [1.82, 2.24) is 10.2 Å². The summed E-state index contributed by atoms with van der Waals surface area (Å²) in [5.74, 6) is 0. The van der Waals surface area contributed by atoms with Crippen LogP contribution in [0, 0.1) is 0 Å². The number of halogens is 2. The second kappa shape index (κ2) is 8.38. The summed E-state index contributed by atoms with van der Waals surface area (Å²) in [4.78, 5) is 2.35. The van der Waals surface area contributed by atoms with Gasteiger partial charge in [0, 0.05) is 11.6 Å². The molecule has 0 spiro atoms. The summed E-state index contributed by atoms with van der Waals surface area (Å²) >= 11 is 12.5. The Morgan fingerprint density at radius 3 is 2.24 bits per heavy atom. The average Bonchev–Trinajstić information content (AvgIpc) is 2.45. The number of likely N-dealkylation sites (N-methyl/N-ethyl adjacent to an activating group) is 2. The zero-order chi connectivity index (χ0) is 16.0. The molecule has 0 aliphatic rings. The van der Waals surface area contributed by atoms with E-state index in [-0.39, 0.29) is 5.54 Å². The van der Waals surface area contributed by atoms with Crippen molar-refractivity contribution in [2.45, 2.75) is 51.6 Å². The summed E-state index contributed by atoms with van der Waals surface area (Å²) in [6.07, 6.45) is 3.06. The van der Waals surface area contributed by atoms with E-state index >= 15 is 0 Å². The third-order valence-corrected chi connectivity index (χ3v) is 5.53. The van der Waals surface area contributed by atoms with Crippen LogP contribution in [0.4, 0.5) is 0 Å². The van der Waals surface area contributed by atoms with Gasteiger partial charge in [-0.1, -0.05) is 56.1 Å². The molecule has 0 fully saturated rings. The molecule has 120 valence electrons. The first-order valence-electron chi connectivity index (χ1n) is 7.76. The standard InChI is InChI=1S/C17H28Cl2N2/c1-6-17(7-2,21(4)5)15(20-8-3)12-13-10-9-11-14(18)16(13)19/h9-11,15,20H,6-8,12H2,1-5H3. The van der Waals surface area contributed by atoms with Gasteiger partial charge in [0.2, 0.25) is 0 Å². The van der Waals surface area contributed by atoms with Crippen LogP contribution in [0.5, 0.6) is 0 Å². The van der Waals surface area contributed by atoms with Crippen LogP contribution in [-0.4, -0.2) is 37.1 Å². The van der Waals surface area contributed by atoms with Crippen molar-refractivity contribution < 1.29 is 0 Å². The minimum atomic E-state index is 0.113. The Balaban J connectivity index is 3.14. The van der Waals surface area contributed by atoms with Crippen LogP contribution in [0.15, 0.2) is 18.2 Å². The fraction of sp³-hybridized carbons (Fsp3) is 0.647. The van der Waals surface area contributed by atoms with Crippen molar-refractivity contribution in [3.63, 3.8) is 0 Å². The molecule has 0 bridgehead atoms. The number of nitrogens with one attached hydrogen (secondary N) is 1. The van der Waals surface area contributed by atoms with Gasteiger partial charge >= 0.3 is 0 Å². The van der Waals surface area contributed by atoms with Crippen LogP contribution >= 0.6 is 23.2 Å². The molecule has 1 aromatic carbocycles. The molecular weight excluding hydrogens is 303 g/mol. The number of hydrogen-bond donors (Lipinski definition) is 1. The van der Waals surface area contributed by atoms with Gasteiger partial charge in [-0.05, 0) is 51.5 Å². The Hall–Kier alpha value is -0.280. The highest BCUT2D eigenvalue weighted by molar-refractivity contribution is 6.42. The Kier molecular flexibility index (Phi) is 7.49. The van der Waals surface area contributed by atoms with E-state index in [1.54, 1.807) is 0 Å². The predicted molar refractivity (Wildman–Crippen MR) is 94.6 cm³/mol. The van der Waals surface area contributed by atoms with Crippen LogP contribution in [0.1, 0.15) is 39.2 Å². The lowest BCUT2D eigenvalue weighted by atomic mass is 9.80. The molecule has 0 radical (unpaired) electrons. The summed E-state index contributed by atoms with van der Waals surface area (Å²) in [6, 6.07) is 6.23. The molecule has 0 heterocycles. The molecule has 1 aromatic rings. The van der Waals surface area contributed by atoms with Gasteiger partial charge < -0.3 is 10.2 Å². The van der Waals surface area contributed by atoms with Gasteiger partial charge in [-0.15, -0.1) is 0 Å². The van der Waals surface area contributed by atoms with Gasteiger partial charge in [0.1, 0.15) is 0 Å². The van der Waals surface area contributed by atoms with Crippen molar-refractivity contribution in [2.24, 2.45) is 0 Å². The van der Waals surface area contributed by atoms with Crippen LogP contribution in [0.25, 0.3) is 0 Å². The molecule has 0 aliphatic heterocycles. The van der Waals surface area contributed by atoms with Gasteiger partial charge in [-0.2, -0.15) is 0 Å². The van der Waals surface area contributed by atoms with E-state index in [9.17, 15) is 0 Å². The van der Waals surface area contributed by atoms with Crippen LogP contribution < -0.4 is 5.32 Å². The predicted octanol–water partition coefficient (Wildman–Crippen LogP) is 4.63. The monoisotopic (exact) mass is 330 g/mol. The first-order valence-corrected chi connectivity index (χ1v) is 8.52. The third kappa shape index (κ3) is 4.13. The van der Waals surface area contributed by atoms with Gasteiger partial charge in [-0.3, -0.25) is 0 Å². The normalized spacial score (nSPS) is 13.7. The summed E-state index contributed by atoms with van der Waals surface area (Å²) < 4.78 is 0. The number of hydrogen-bond acceptors (Lipinski definition) is 2. The maximum atomic E-state index is 6.38. The third-order valence-electron chi connectivity index (χ3n) is 4.67. The fourth-order valence-corrected chi connectivity index (χ4v) is 3.71. The largest absolute Gasteiger partial charge is 0.312 e. The smallest absolute Gasteiger partial charge is 0.0624 e. The van der Waals surface area contributed by atoms with Crippen molar-refractivity contribution in [1.29, 1.82) is 0 Å². The highest BCUT2D eigenvalue weighted by atomic mass is 35.5. The van der Waals surface area contributed by atoms with Crippen molar-refractivity contribution >= 4 is 23.2 Å². The zero-order valence-electron chi connectivity index (χ0n) is 13.8. The lowest BCUT2D eigenvalue weighted by molar-refractivity contribution is 0.0889. The maximum absolute atomic E-state index is 6.38. The summed E-state index contributed by atoms with van der Waals surface area (Å²) in [5.41, 5.74) is 1.23. The summed E-state index contributed by atoms with van der Waals surface area (Å²) in [6.45, 7) is 7.61. The second-order valence-electron chi connectivity index (χ2n) is 5.73. The molecule has 1 N–H and O–H groups in total. The molecule has 1 unspecified atom stereocenters. The highest BCUT2D eigenvalue weighted by Crippen LogP contribution is 2.32. The van der Waals surface area contributed by atoms with E-state index in [0.717, 1.165) is 31.4 Å². The first kappa shape index (κ1) is 18.8. The van der Waals surface area contributed by atoms with E-state index in [1.807, 2.05) is 12.1 Å². The zero-order valence-corrected chi connectivity index (χ0v) is 15.4. The Morgan fingerprint density at radius 2 is 1.76 bits per heavy atom. The molecule has 4 heteroatoms. The average molecular weight is 331 g/mol. The van der Waals surface area contributed by atoms with Crippen molar-refractivity contribution in [3.05, 3.63) is 33.8 Å². The molecule has 0 amide bonds. The number of benzene rings is 1. The Labute approximate surface area is 139 Å². The maximum Gasteiger partial charge on any atom is 0.0624 e. The van der Waals surface area contributed by atoms with E-state index in [2.05, 4.69) is 51.1 Å². The van der Waals surface area contributed by atoms with E-state index in [4.69, 9.17) is 23.2 Å². The van der Waals surface area contributed by atoms with Crippen molar-refractivity contribution in [3.8, 4) is 0 Å². The Bertz CT molecular complexity index is 442. The number of rotatable bonds is 8. The fourth-order valence-electron chi connectivity index (χ4n) is 3.31. The molecule has 2 nitrogen and oxygen atoms in total. The van der Waals surface area contributed by atoms with Gasteiger partial charge in [0.05, 0.1) is 10.0 Å². The van der Waals surface area contributed by atoms with Crippen LogP contribution in [0.2, 0.25) is 10.0 Å². The molecule has 21 heavy (non-hydrogen) atoms. The minimum absolute atomic E-state index is 0.113. The van der Waals surface area contributed by atoms with Gasteiger partial charge in [0.15, 0.2) is 0 Å². The van der Waals surface area contributed by atoms with E-state index in [0.29, 0.717) is 16.1 Å². The molecule has 1 rings (SSSR count). The van der Waals surface area contributed by atoms with Crippen LogP contribution in [-0.2, 0) is 6.42 Å². The van der Waals surface area contributed by atoms with E-state index in [1.165, 1.54) is 0 Å². The lowest BCUT2D eigenvalue weighted by Crippen LogP contribution is -2.59.